The van der Waals surface area contributed by atoms with Crippen LogP contribution in [0.5, 0.6) is 11.6 Å². The molecule has 2 heterocycles. The zero-order valence-corrected chi connectivity index (χ0v) is 19.1. The van der Waals surface area contributed by atoms with Crippen molar-refractivity contribution >= 4 is 23.3 Å². The van der Waals surface area contributed by atoms with Crippen molar-refractivity contribution in [3.63, 3.8) is 0 Å². The normalized spacial score (nSPS) is 17.5. The van der Waals surface area contributed by atoms with Crippen LogP contribution in [0.2, 0.25) is 5.02 Å². The van der Waals surface area contributed by atoms with E-state index in [4.69, 9.17) is 16.3 Å². The molecular weight excluding hydrogens is 419 g/mol. The molecule has 1 saturated heterocycles. The van der Waals surface area contributed by atoms with Crippen molar-refractivity contribution in [2.45, 2.75) is 52.5 Å². The van der Waals surface area contributed by atoms with Gasteiger partial charge in [-0.2, -0.15) is 0 Å². The largest absolute Gasteiger partial charge is 0.437 e. The molecule has 168 valence electrons. The Balaban J connectivity index is 1.66. The maximum atomic E-state index is 13.3. The zero-order valence-electron chi connectivity index (χ0n) is 18.4. The Labute approximate surface area is 188 Å². The standard InChI is InChI=1S/C23H30ClFN4O2/c1-4-6-7-17(5-2)23(30)29-11-10-28(14-16(29)3)21-13-22(27-15-26-21)31-20-9-8-18(25)12-19(20)24/h8-9,12-13,15-17H,4-7,10-11,14H2,1-3H3/t16-,17+/m1/s1. The van der Waals surface area contributed by atoms with Crippen LogP contribution in [-0.4, -0.2) is 46.5 Å². The zero-order chi connectivity index (χ0) is 22.4. The van der Waals surface area contributed by atoms with E-state index in [-0.39, 0.29) is 22.9 Å². The van der Waals surface area contributed by atoms with Crippen LogP contribution in [0.25, 0.3) is 0 Å². The fourth-order valence-electron chi connectivity index (χ4n) is 3.91. The number of nitrogens with zero attached hydrogens (tertiary/aromatic N) is 4. The number of hydrogen-bond acceptors (Lipinski definition) is 5. The van der Waals surface area contributed by atoms with E-state index >= 15 is 0 Å². The van der Waals surface area contributed by atoms with Crippen LogP contribution in [0, 0.1) is 11.7 Å². The molecule has 1 aromatic heterocycles. The highest BCUT2D eigenvalue weighted by atomic mass is 35.5. The van der Waals surface area contributed by atoms with Crippen molar-refractivity contribution in [2.75, 3.05) is 24.5 Å². The number of rotatable bonds is 8. The lowest BCUT2D eigenvalue weighted by Crippen LogP contribution is -2.55. The summed E-state index contributed by atoms with van der Waals surface area (Å²) in [6.07, 6.45) is 5.46. The van der Waals surface area contributed by atoms with Crippen molar-refractivity contribution < 1.29 is 13.9 Å². The third-order valence-electron chi connectivity index (χ3n) is 5.72. The molecular formula is C23H30ClFN4O2. The van der Waals surface area contributed by atoms with E-state index in [0.717, 1.165) is 31.5 Å². The quantitative estimate of drug-likeness (QED) is 0.547. The number of aromatic nitrogens is 2. The highest BCUT2D eigenvalue weighted by Crippen LogP contribution is 2.30. The van der Waals surface area contributed by atoms with Crippen molar-refractivity contribution in [3.05, 3.63) is 41.4 Å². The van der Waals surface area contributed by atoms with Crippen LogP contribution in [0.3, 0.4) is 0 Å². The number of hydrogen-bond donors (Lipinski definition) is 0. The highest BCUT2D eigenvalue weighted by Gasteiger charge is 2.31. The first kappa shape index (κ1) is 23.3. The second kappa shape index (κ2) is 10.8. The molecule has 0 unspecified atom stereocenters. The number of ether oxygens (including phenoxy) is 1. The number of halogens is 2. The summed E-state index contributed by atoms with van der Waals surface area (Å²) in [4.78, 5) is 25.7. The van der Waals surface area contributed by atoms with E-state index in [2.05, 4.69) is 35.6 Å². The van der Waals surface area contributed by atoms with Gasteiger partial charge in [0.05, 0.1) is 5.02 Å². The Morgan fingerprint density at radius 1 is 1.29 bits per heavy atom. The lowest BCUT2D eigenvalue weighted by molar-refractivity contribution is -0.138. The third kappa shape index (κ3) is 5.85. The van der Waals surface area contributed by atoms with Gasteiger partial charge in [-0.05, 0) is 38.0 Å². The number of piperazine rings is 1. The molecule has 0 radical (unpaired) electrons. The first-order valence-electron chi connectivity index (χ1n) is 10.9. The molecule has 0 spiro atoms. The van der Waals surface area contributed by atoms with Crippen LogP contribution in [0.1, 0.15) is 46.5 Å². The second-order valence-electron chi connectivity index (χ2n) is 7.97. The minimum atomic E-state index is -0.429. The second-order valence-corrected chi connectivity index (χ2v) is 8.37. The summed E-state index contributed by atoms with van der Waals surface area (Å²) in [6.45, 7) is 8.36. The van der Waals surface area contributed by atoms with E-state index in [1.807, 2.05) is 4.90 Å². The number of carbonyl (C=O) groups excluding carboxylic acids is 1. The average molecular weight is 449 g/mol. The SMILES string of the molecule is CCCC[C@H](CC)C(=O)N1CCN(c2cc(Oc3ccc(F)cc3Cl)ncn2)C[C@H]1C. The first-order chi connectivity index (χ1) is 14.9. The third-order valence-corrected chi connectivity index (χ3v) is 6.01. The summed E-state index contributed by atoms with van der Waals surface area (Å²) in [5.41, 5.74) is 0. The Kier molecular flexibility index (Phi) is 8.07. The van der Waals surface area contributed by atoms with Gasteiger partial charge in [-0.1, -0.05) is 38.3 Å². The van der Waals surface area contributed by atoms with Gasteiger partial charge < -0.3 is 14.5 Å². The van der Waals surface area contributed by atoms with Crippen LogP contribution < -0.4 is 9.64 Å². The molecule has 1 fully saturated rings. The predicted molar refractivity (Wildman–Crippen MR) is 120 cm³/mol. The molecule has 1 amide bonds. The molecule has 0 N–H and O–H groups in total. The fraction of sp³-hybridized carbons (Fsp3) is 0.522. The summed E-state index contributed by atoms with van der Waals surface area (Å²) < 4.78 is 19.0. The summed E-state index contributed by atoms with van der Waals surface area (Å²) >= 11 is 6.05. The molecule has 31 heavy (non-hydrogen) atoms. The smallest absolute Gasteiger partial charge is 0.226 e. The molecule has 3 rings (SSSR count). The van der Waals surface area contributed by atoms with Gasteiger partial charge in [-0.25, -0.2) is 14.4 Å². The van der Waals surface area contributed by atoms with Gasteiger partial charge in [0.2, 0.25) is 11.8 Å². The van der Waals surface area contributed by atoms with E-state index < -0.39 is 5.82 Å². The van der Waals surface area contributed by atoms with E-state index in [1.165, 1.54) is 24.5 Å². The maximum absolute atomic E-state index is 13.3. The van der Waals surface area contributed by atoms with Gasteiger partial charge in [-0.15, -0.1) is 0 Å². The fourth-order valence-corrected chi connectivity index (χ4v) is 4.12. The summed E-state index contributed by atoms with van der Waals surface area (Å²) in [7, 11) is 0. The van der Waals surface area contributed by atoms with Crippen molar-refractivity contribution in [3.8, 4) is 11.6 Å². The lowest BCUT2D eigenvalue weighted by Gasteiger charge is -2.41. The minimum Gasteiger partial charge on any atom is -0.437 e. The Hall–Kier alpha value is -2.41. The lowest BCUT2D eigenvalue weighted by atomic mass is 9.96. The molecule has 0 aliphatic carbocycles. The number of amides is 1. The Bertz CT molecular complexity index is 898. The summed E-state index contributed by atoms with van der Waals surface area (Å²) in [5, 5.41) is 0.175. The van der Waals surface area contributed by atoms with Gasteiger partial charge in [0.1, 0.15) is 23.7 Å². The first-order valence-corrected chi connectivity index (χ1v) is 11.3. The molecule has 2 atom stereocenters. The van der Waals surface area contributed by atoms with Crippen LogP contribution in [-0.2, 0) is 4.79 Å². The average Bonchev–Trinajstić information content (AvgIpc) is 2.76. The molecule has 8 heteroatoms. The molecule has 1 aliphatic rings. The number of unbranched alkanes of at least 4 members (excludes halogenated alkanes) is 1. The van der Waals surface area contributed by atoms with Crippen molar-refractivity contribution in [2.24, 2.45) is 5.92 Å². The van der Waals surface area contributed by atoms with Gasteiger partial charge >= 0.3 is 0 Å². The molecule has 6 nitrogen and oxygen atoms in total. The molecule has 0 saturated carbocycles. The monoisotopic (exact) mass is 448 g/mol. The van der Waals surface area contributed by atoms with E-state index in [1.54, 1.807) is 6.07 Å². The number of carbonyl (C=O) groups is 1. The topological polar surface area (TPSA) is 58.6 Å². The molecule has 2 aromatic rings. The molecule has 0 bridgehead atoms. The van der Waals surface area contributed by atoms with Crippen molar-refractivity contribution in [1.82, 2.24) is 14.9 Å². The minimum absolute atomic E-state index is 0.0859. The Morgan fingerprint density at radius 2 is 2.10 bits per heavy atom. The van der Waals surface area contributed by atoms with Crippen molar-refractivity contribution in [1.29, 1.82) is 0 Å². The van der Waals surface area contributed by atoms with Gasteiger partial charge in [-0.3, -0.25) is 4.79 Å². The van der Waals surface area contributed by atoms with Crippen LogP contribution in [0.15, 0.2) is 30.6 Å². The molecule has 1 aromatic carbocycles. The summed E-state index contributed by atoms with van der Waals surface area (Å²) in [6, 6.07) is 5.77. The van der Waals surface area contributed by atoms with Crippen LogP contribution >= 0.6 is 11.6 Å². The van der Waals surface area contributed by atoms with Crippen LogP contribution in [0.4, 0.5) is 10.2 Å². The van der Waals surface area contributed by atoms with Gasteiger partial charge in [0, 0.05) is 37.7 Å². The van der Waals surface area contributed by atoms with Gasteiger partial charge in [0.25, 0.3) is 0 Å². The highest BCUT2D eigenvalue weighted by molar-refractivity contribution is 6.32. The maximum Gasteiger partial charge on any atom is 0.226 e. The number of anilines is 1. The predicted octanol–water partition coefficient (Wildman–Crippen LogP) is 5.31. The van der Waals surface area contributed by atoms with E-state index in [9.17, 15) is 9.18 Å². The van der Waals surface area contributed by atoms with E-state index in [0.29, 0.717) is 31.3 Å². The summed E-state index contributed by atoms with van der Waals surface area (Å²) in [5.74, 6) is 1.32. The number of benzene rings is 1. The Morgan fingerprint density at radius 3 is 2.77 bits per heavy atom. The molecule has 1 aliphatic heterocycles. The van der Waals surface area contributed by atoms with Gasteiger partial charge in [0.15, 0.2) is 0 Å².